The molecule has 0 saturated heterocycles. The molecule has 0 bridgehead atoms. The maximum absolute atomic E-state index is 11.7. The van der Waals surface area contributed by atoms with E-state index >= 15 is 0 Å². The molecule has 0 aliphatic rings. The molecule has 0 aliphatic carbocycles. The molecule has 4 nitrogen and oxygen atoms in total. The maximum atomic E-state index is 11.7. The van der Waals surface area contributed by atoms with Crippen LogP contribution < -0.4 is 10.1 Å². The number of amides is 1. The fourth-order valence-electron chi connectivity index (χ4n) is 1.68. The van der Waals surface area contributed by atoms with Gasteiger partial charge < -0.3 is 14.8 Å². The molecule has 1 amide bonds. The third-order valence-electron chi connectivity index (χ3n) is 2.72. The van der Waals surface area contributed by atoms with Crippen LogP contribution in [0, 0.1) is 0 Å². The molecule has 106 valence electrons. The molecule has 0 fully saturated rings. The van der Waals surface area contributed by atoms with Crippen LogP contribution in [-0.4, -0.2) is 38.7 Å². The van der Waals surface area contributed by atoms with E-state index in [-0.39, 0.29) is 11.9 Å². The Kier molecular flexibility index (Phi) is 7.30. The lowest BCUT2D eigenvalue weighted by Crippen LogP contribution is -2.39. The molecule has 1 atom stereocenters. The third kappa shape index (κ3) is 5.94. The number of aryl methyl sites for hydroxylation is 1. The van der Waals surface area contributed by atoms with E-state index in [1.807, 2.05) is 24.3 Å². The van der Waals surface area contributed by atoms with Gasteiger partial charge in [-0.3, -0.25) is 4.79 Å². The van der Waals surface area contributed by atoms with Crippen LogP contribution in [0.25, 0.3) is 0 Å². The Bertz CT molecular complexity index is 381. The van der Waals surface area contributed by atoms with Crippen molar-refractivity contribution < 1.29 is 14.3 Å². The topological polar surface area (TPSA) is 47.6 Å². The Morgan fingerprint density at radius 1 is 1.32 bits per heavy atom. The number of ether oxygens (including phenoxy) is 2. The van der Waals surface area contributed by atoms with E-state index in [9.17, 15) is 4.79 Å². The number of halogens is 1. The molecule has 0 spiro atoms. The number of carbonyl (C=O) groups is 1. The molecule has 1 rings (SSSR count). The van der Waals surface area contributed by atoms with Gasteiger partial charge in [-0.05, 0) is 24.1 Å². The molecule has 19 heavy (non-hydrogen) atoms. The summed E-state index contributed by atoms with van der Waals surface area (Å²) in [6.45, 7) is 0.428. The smallest absolute Gasteiger partial charge is 0.220 e. The van der Waals surface area contributed by atoms with Gasteiger partial charge in [-0.25, -0.2) is 0 Å². The molecule has 1 unspecified atom stereocenters. The fraction of sp³-hybridized carbons (Fsp3) is 0.500. The lowest BCUT2D eigenvalue weighted by molar-refractivity contribution is -0.121. The predicted octanol–water partition coefficient (Wildman–Crippen LogP) is 2.00. The van der Waals surface area contributed by atoms with Gasteiger partial charge in [0.2, 0.25) is 5.91 Å². The number of hydrogen-bond acceptors (Lipinski definition) is 3. The number of carbonyl (C=O) groups excluding carboxylic acids is 1. The molecule has 0 heterocycles. The average Bonchev–Trinajstić information content (AvgIpc) is 2.45. The van der Waals surface area contributed by atoms with Crippen LogP contribution in [-0.2, 0) is 16.0 Å². The number of methoxy groups -OCH3 is 2. The van der Waals surface area contributed by atoms with Gasteiger partial charge in [-0.15, -0.1) is 11.6 Å². The van der Waals surface area contributed by atoms with E-state index in [1.54, 1.807) is 14.2 Å². The Balaban J connectivity index is 2.36. The minimum atomic E-state index is -0.130. The van der Waals surface area contributed by atoms with Crippen molar-refractivity contribution in [3.63, 3.8) is 0 Å². The summed E-state index contributed by atoms with van der Waals surface area (Å²) in [7, 11) is 3.22. The molecular weight excluding hydrogens is 266 g/mol. The van der Waals surface area contributed by atoms with Crippen LogP contribution in [0.5, 0.6) is 5.75 Å². The van der Waals surface area contributed by atoms with Crippen molar-refractivity contribution in [2.75, 3.05) is 26.7 Å². The molecule has 1 aromatic carbocycles. The Morgan fingerprint density at radius 3 is 2.53 bits per heavy atom. The summed E-state index contributed by atoms with van der Waals surface area (Å²) in [5.41, 5.74) is 1.10. The van der Waals surface area contributed by atoms with Crippen molar-refractivity contribution in [3.8, 4) is 5.75 Å². The normalized spacial score (nSPS) is 11.9. The predicted molar refractivity (Wildman–Crippen MR) is 75.8 cm³/mol. The maximum Gasteiger partial charge on any atom is 0.220 e. The zero-order valence-electron chi connectivity index (χ0n) is 11.3. The lowest BCUT2D eigenvalue weighted by atomic mass is 10.1. The van der Waals surface area contributed by atoms with Crippen LogP contribution in [0.15, 0.2) is 24.3 Å². The first-order valence-corrected chi connectivity index (χ1v) is 6.70. The SMILES string of the molecule is COCC(CCl)NC(=O)CCc1ccc(OC)cc1. The molecule has 0 saturated carbocycles. The van der Waals surface area contributed by atoms with Crippen molar-refractivity contribution in [1.82, 2.24) is 5.32 Å². The average molecular weight is 286 g/mol. The lowest BCUT2D eigenvalue weighted by Gasteiger charge is -2.14. The van der Waals surface area contributed by atoms with Gasteiger partial charge in [0.05, 0.1) is 19.8 Å². The van der Waals surface area contributed by atoms with Crippen molar-refractivity contribution in [2.45, 2.75) is 18.9 Å². The van der Waals surface area contributed by atoms with E-state index in [2.05, 4.69) is 5.32 Å². The summed E-state index contributed by atoms with van der Waals surface area (Å²) >= 11 is 5.73. The highest BCUT2D eigenvalue weighted by molar-refractivity contribution is 6.18. The Morgan fingerprint density at radius 2 is 2.00 bits per heavy atom. The minimum Gasteiger partial charge on any atom is -0.497 e. The van der Waals surface area contributed by atoms with Gasteiger partial charge in [-0.1, -0.05) is 12.1 Å². The molecule has 1 N–H and O–H groups in total. The van der Waals surface area contributed by atoms with Gasteiger partial charge in [0, 0.05) is 19.4 Å². The highest BCUT2D eigenvalue weighted by Crippen LogP contribution is 2.12. The first-order chi connectivity index (χ1) is 9.19. The van der Waals surface area contributed by atoms with Crippen molar-refractivity contribution >= 4 is 17.5 Å². The van der Waals surface area contributed by atoms with Crippen LogP contribution in [0.1, 0.15) is 12.0 Å². The number of rotatable bonds is 8. The minimum absolute atomic E-state index is 0.0153. The number of benzene rings is 1. The monoisotopic (exact) mass is 285 g/mol. The summed E-state index contributed by atoms with van der Waals surface area (Å²) in [5, 5.41) is 2.84. The standard InChI is InChI=1S/C14H20ClNO3/c1-18-10-12(9-15)16-14(17)8-5-11-3-6-13(19-2)7-4-11/h3-4,6-7,12H,5,8-10H2,1-2H3,(H,16,17). The van der Waals surface area contributed by atoms with Gasteiger partial charge in [0.25, 0.3) is 0 Å². The van der Waals surface area contributed by atoms with Crippen LogP contribution in [0.2, 0.25) is 0 Å². The highest BCUT2D eigenvalue weighted by Gasteiger charge is 2.10. The summed E-state index contributed by atoms with van der Waals surface area (Å²) in [6, 6.07) is 7.56. The quantitative estimate of drug-likeness (QED) is 0.743. The first kappa shape index (κ1) is 15.8. The zero-order valence-corrected chi connectivity index (χ0v) is 12.1. The van der Waals surface area contributed by atoms with Gasteiger partial charge in [0.1, 0.15) is 5.75 Å². The van der Waals surface area contributed by atoms with Crippen LogP contribution >= 0.6 is 11.6 Å². The molecule has 5 heteroatoms. The van der Waals surface area contributed by atoms with Gasteiger partial charge >= 0.3 is 0 Å². The van der Waals surface area contributed by atoms with E-state index in [4.69, 9.17) is 21.1 Å². The Labute approximate surface area is 119 Å². The molecule has 0 radical (unpaired) electrons. The van der Waals surface area contributed by atoms with Crippen molar-refractivity contribution in [1.29, 1.82) is 0 Å². The van der Waals surface area contributed by atoms with E-state index < -0.39 is 0 Å². The first-order valence-electron chi connectivity index (χ1n) is 6.16. The Hall–Kier alpha value is -1.26. The largest absolute Gasteiger partial charge is 0.497 e. The van der Waals surface area contributed by atoms with E-state index in [1.165, 1.54) is 0 Å². The van der Waals surface area contributed by atoms with Gasteiger partial charge in [-0.2, -0.15) is 0 Å². The summed E-state index contributed by atoms with van der Waals surface area (Å²) in [5.74, 6) is 1.15. The second kappa shape index (κ2) is 8.77. The zero-order chi connectivity index (χ0) is 14.1. The van der Waals surface area contributed by atoms with E-state index in [0.29, 0.717) is 25.3 Å². The second-order valence-electron chi connectivity index (χ2n) is 4.22. The molecule has 0 aliphatic heterocycles. The summed E-state index contributed by atoms with van der Waals surface area (Å²) in [4.78, 5) is 11.7. The number of hydrogen-bond donors (Lipinski definition) is 1. The van der Waals surface area contributed by atoms with Crippen LogP contribution in [0.4, 0.5) is 0 Å². The third-order valence-corrected chi connectivity index (χ3v) is 3.09. The summed E-state index contributed by atoms with van der Waals surface area (Å²) < 4.78 is 10.1. The van der Waals surface area contributed by atoms with Crippen molar-refractivity contribution in [3.05, 3.63) is 29.8 Å². The number of nitrogens with one attached hydrogen (secondary N) is 1. The van der Waals surface area contributed by atoms with E-state index in [0.717, 1.165) is 11.3 Å². The number of alkyl halides is 1. The fourth-order valence-corrected chi connectivity index (χ4v) is 1.84. The summed E-state index contributed by atoms with van der Waals surface area (Å²) in [6.07, 6.45) is 1.13. The van der Waals surface area contributed by atoms with Crippen molar-refractivity contribution in [2.24, 2.45) is 0 Å². The van der Waals surface area contributed by atoms with Gasteiger partial charge in [0.15, 0.2) is 0 Å². The molecule has 1 aromatic rings. The van der Waals surface area contributed by atoms with Crippen LogP contribution in [0.3, 0.4) is 0 Å². The molecular formula is C14H20ClNO3. The molecule has 0 aromatic heterocycles. The second-order valence-corrected chi connectivity index (χ2v) is 4.53. The highest BCUT2D eigenvalue weighted by atomic mass is 35.5.